The third-order valence-electron chi connectivity index (χ3n) is 4.66. The minimum Gasteiger partial charge on any atom is -0.379 e. The van der Waals surface area contributed by atoms with Gasteiger partial charge in [0.1, 0.15) is 0 Å². The molecule has 1 amide bonds. The Morgan fingerprint density at radius 1 is 1.26 bits per heavy atom. The van der Waals surface area contributed by atoms with E-state index in [2.05, 4.69) is 15.5 Å². The van der Waals surface area contributed by atoms with Gasteiger partial charge >= 0.3 is 0 Å². The summed E-state index contributed by atoms with van der Waals surface area (Å²) < 4.78 is 5.32. The van der Waals surface area contributed by atoms with Crippen LogP contribution >= 0.6 is 0 Å². The zero-order valence-electron chi connectivity index (χ0n) is 11.6. The predicted molar refractivity (Wildman–Crippen MR) is 72.8 cm³/mol. The van der Waals surface area contributed by atoms with Gasteiger partial charge in [0.05, 0.1) is 19.1 Å². The molecular weight excluding hydrogens is 242 g/mol. The van der Waals surface area contributed by atoms with Crippen LogP contribution in [0.4, 0.5) is 0 Å². The SMILES string of the molecule is O=C(NCCN1CCOCC1)C1CNCC1C1CC1. The third kappa shape index (κ3) is 3.46. The van der Waals surface area contributed by atoms with Crippen molar-refractivity contribution in [3.05, 3.63) is 0 Å². The van der Waals surface area contributed by atoms with Gasteiger partial charge < -0.3 is 15.4 Å². The molecule has 2 saturated heterocycles. The van der Waals surface area contributed by atoms with Crippen molar-refractivity contribution in [2.45, 2.75) is 12.8 Å². The Labute approximate surface area is 115 Å². The summed E-state index contributed by atoms with van der Waals surface area (Å²) in [4.78, 5) is 14.6. The molecular formula is C14H25N3O2. The Morgan fingerprint density at radius 3 is 2.79 bits per heavy atom. The van der Waals surface area contributed by atoms with Gasteiger partial charge in [0.2, 0.25) is 5.91 Å². The Morgan fingerprint density at radius 2 is 2.05 bits per heavy atom. The molecule has 19 heavy (non-hydrogen) atoms. The fourth-order valence-electron chi connectivity index (χ4n) is 3.30. The number of carbonyl (C=O) groups excluding carboxylic acids is 1. The second-order valence-corrected chi connectivity index (χ2v) is 6.01. The molecule has 3 rings (SSSR count). The van der Waals surface area contributed by atoms with Crippen molar-refractivity contribution in [1.82, 2.24) is 15.5 Å². The predicted octanol–water partition coefficient (Wildman–Crippen LogP) is -0.320. The lowest BCUT2D eigenvalue weighted by atomic mass is 9.91. The number of carbonyl (C=O) groups is 1. The van der Waals surface area contributed by atoms with Crippen LogP contribution < -0.4 is 10.6 Å². The van der Waals surface area contributed by atoms with Gasteiger partial charge in [-0.3, -0.25) is 9.69 Å². The second-order valence-electron chi connectivity index (χ2n) is 6.01. The van der Waals surface area contributed by atoms with Crippen molar-refractivity contribution in [2.75, 3.05) is 52.5 Å². The summed E-state index contributed by atoms with van der Waals surface area (Å²) in [6.07, 6.45) is 2.65. The van der Waals surface area contributed by atoms with Crippen LogP contribution in [-0.2, 0) is 9.53 Å². The van der Waals surface area contributed by atoms with Crippen LogP contribution in [0.1, 0.15) is 12.8 Å². The fraction of sp³-hybridized carbons (Fsp3) is 0.929. The monoisotopic (exact) mass is 267 g/mol. The van der Waals surface area contributed by atoms with Gasteiger partial charge in [-0.2, -0.15) is 0 Å². The first kappa shape index (κ1) is 13.3. The molecule has 1 saturated carbocycles. The van der Waals surface area contributed by atoms with Crippen LogP contribution in [0, 0.1) is 17.8 Å². The number of hydrogen-bond acceptors (Lipinski definition) is 4. The van der Waals surface area contributed by atoms with Crippen LogP contribution in [-0.4, -0.2) is 63.3 Å². The molecule has 0 spiro atoms. The normalized spacial score (nSPS) is 32.4. The van der Waals surface area contributed by atoms with Crippen LogP contribution in [0.25, 0.3) is 0 Å². The average molecular weight is 267 g/mol. The van der Waals surface area contributed by atoms with E-state index in [1.165, 1.54) is 12.8 Å². The maximum absolute atomic E-state index is 12.2. The molecule has 2 unspecified atom stereocenters. The van der Waals surface area contributed by atoms with Crippen LogP contribution in [0.3, 0.4) is 0 Å². The lowest BCUT2D eigenvalue weighted by Gasteiger charge is -2.27. The highest BCUT2D eigenvalue weighted by molar-refractivity contribution is 5.79. The van der Waals surface area contributed by atoms with Crippen LogP contribution in [0.5, 0.6) is 0 Å². The molecule has 5 nitrogen and oxygen atoms in total. The zero-order valence-corrected chi connectivity index (χ0v) is 11.6. The second kappa shape index (κ2) is 6.20. The van der Waals surface area contributed by atoms with Gasteiger partial charge in [0.15, 0.2) is 0 Å². The molecule has 2 aliphatic heterocycles. The molecule has 3 aliphatic rings. The highest BCUT2D eigenvalue weighted by Gasteiger charge is 2.42. The summed E-state index contributed by atoms with van der Waals surface area (Å²) in [6.45, 7) is 7.25. The Balaban J connectivity index is 1.38. The van der Waals surface area contributed by atoms with Gasteiger partial charge in [0, 0.05) is 32.7 Å². The van der Waals surface area contributed by atoms with E-state index < -0.39 is 0 Å². The first-order valence-corrected chi connectivity index (χ1v) is 7.63. The van der Waals surface area contributed by atoms with Crippen molar-refractivity contribution in [2.24, 2.45) is 17.8 Å². The Kier molecular flexibility index (Phi) is 4.35. The van der Waals surface area contributed by atoms with E-state index in [9.17, 15) is 4.79 Å². The van der Waals surface area contributed by atoms with Gasteiger partial charge in [-0.1, -0.05) is 0 Å². The van der Waals surface area contributed by atoms with E-state index in [4.69, 9.17) is 4.74 Å². The molecule has 0 aromatic carbocycles. The summed E-state index contributed by atoms with van der Waals surface area (Å²) in [5, 5.41) is 6.50. The lowest BCUT2D eigenvalue weighted by Crippen LogP contribution is -2.43. The Hall–Kier alpha value is -0.650. The van der Waals surface area contributed by atoms with Gasteiger partial charge in [-0.05, 0) is 31.2 Å². The summed E-state index contributed by atoms with van der Waals surface area (Å²) >= 11 is 0. The number of hydrogen-bond donors (Lipinski definition) is 2. The number of ether oxygens (including phenoxy) is 1. The number of nitrogens with one attached hydrogen (secondary N) is 2. The van der Waals surface area contributed by atoms with Crippen molar-refractivity contribution < 1.29 is 9.53 Å². The van der Waals surface area contributed by atoms with Gasteiger partial charge in [0.25, 0.3) is 0 Å². The van der Waals surface area contributed by atoms with Crippen molar-refractivity contribution in [1.29, 1.82) is 0 Å². The smallest absolute Gasteiger partial charge is 0.224 e. The standard InChI is InChI=1S/C14H25N3O2/c18-14(13-10-15-9-12(13)11-1-2-11)16-3-4-17-5-7-19-8-6-17/h11-13,15H,1-10H2,(H,16,18). The fourth-order valence-corrected chi connectivity index (χ4v) is 3.30. The highest BCUT2D eigenvalue weighted by atomic mass is 16.5. The third-order valence-corrected chi connectivity index (χ3v) is 4.66. The largest absolute Gasteiger partial charge is 0.379 e. The number of nitrogens with zero attached hydrogens (tertiary/aromatic N) is 1. The summed E-state index contributed by atoms with van der Waals surface area (Å²) in [5.74, 6) is 1.86. The number of morpholine rings is 1. The van der Waals surface area contributed by atoms with Gasteiger partial charge in [-0.15, -0.1) is 0 Å². The summed E-state index contributed by atoms with van der Waals surface area (Å²) in [6, 6.07) is 0. The summed E-state index contributed by atoms with van der Waals surface area (Å²) in [5.41, 5.74) is 0. The van der Waals surface area contributed by atoms with Crippen molar-refractivity contribution >= 4 is 5.91 Å². The molecule has 5 heteroatoms. The van der Waals surface area contributed by atoms with Crippen molar-refractivity contribution in [3.63, 3.8) is 0 Å². The van der Waals surface area contributed by atoms with E-state index in [0.717, 1.165) is 58.4 Å². The number of amides is 1. The molecule has 0 bridgehead atoms. The topological polar surface area (TPSA) is 53.6 Å². The minimum atomic E-state index is 0.206. The van der Waals surface area contributed by atoms with E-state index in [0.29, 0.717) is 5.92 Å². The molecule has 2 atom stereocenters. The molecule has 0 aromatic rings. The molecule has 2 heterocycles. The minimum absolute atomic E-state index is 0.206. The molecule has 108 valence electrons. The van der Waals surface area contributed by atoms with E-state index in [1.807, 2.05) is 0 Å². The molecule has 0 radical (unpaired) electrons. The summed E-state index contributed by atoms with van der Waals surface area (Å²) in [7, 11) is 0. The average Bonchev–Trinajstić information content (AvgIpc) is 3.17. The van der Waals surface area contributed by atoms with Crippen LogP contribution in [0.15, 0.2) is 0 Å². The quantitative estimate of drug-likeness (QED) is 0.717. The van der Waals surface area contributed by atoms with E-state index in [-0.39, 0.29) is 11.8 Å². The number of rotatable bonds is 5. The van der Waals surface area contributed by atoms with E-state index >= 15 is 0 Å². The first-order valence-electron chi connectivity index (χ1n) is 7.63. The highest BCUT2D eigenvalue weighted by Crippen LogP contribution is 2.41. The van der Waals surface area contributed by atoms with Gasteiger partial charge in [-0.25, -0.2) is 0 Å². The molecule has 1 aliphatic carbocycles. The zero-order chi connectivity index (χ0) is 13.1. The molecule has 0 aromatic heterocycles. The maximum Gasteiger partial charge on any atom is 0.224 e. The Bertz CT molecular complexity index is 314. The van der Waals surface area contributed by atoms with E-state index in [1.54, 1.807) is 0 Å². The first-order chi connectivity index (χ1) is 9.34. The lowest BCUT2D eigenvalue weighted by molar-refractivity contribution is -0.125. The molecule has 3 fully saturated rings. The van der Waals surface area contributed by atoms with Crippen molar-refractivity contribution in [3.8, 4) is 0 Å². The van der Waals surface area contributed by atoms with Crippen LogP contribution in [0.2, 0.25) is 0 Å². The maximum atomic E-state index is 12.2. The molecule has 2 N–H and O–H groups in total.